The van der Waals surface area contributed by atoms with Gasteiger partial charge in [-0.3, -0.25) is 0 Å². The summed E-state index contributed by atoms with van der Waals surface area (Å²) in [6.45, 7) is 0.882. The van der Waals surface area contributed by atoms with Crippen LogP contribution in [0.5, 0.6) is 0 Å². The molecule has 4 rings (SSSR count). The van der Waals surface area contributed by atoms with Crippen LogP contribution in [0, 0.1) is 5.82 Å². The number of primary sulfonamides is 1. The molecule has 0 amide bonds. The summed E-state index contributed by atoms with van der Waals surface area (Å²) in [6.07, 6.45) is 6.27. The molecule has 3 aromatic rings. The Morgan fingerprint density at radius 1 is 1.35 bits per heavy atom. The summed E-state index contributed by atoms with van der Waals surface area (Å²) in [5, 5.41) is 8.93. The van der Waals surface area contributed by atoms with Crippen LogP contribution >= 0.6 is 15.9 Å². The second-order valence-electron chi connectivity index (χ2n) is 7.67. The lowest BCUT2D eigenvalue weighted by molar-refractivity contribution is 0.594. The Hall–Kier alpha value is -2.31. The summed E-state index contributed by atoms with van der Waals surface area (Å²) < 4.78 is 39.1. The van der Waals surface area contributed by atoms with E-state index in [0.717, 1.165) is 18.5 Å². The first kappa shape index (κ1) is 21.9. The lowest BCUT2D eigenvalue weighted by Crippen LogP contribution is -2.25. The van der Waals surface area contributed by atoms with Crippen molar-refractivity contribution >= 4 is 48.6 Å². The Bertz CT molecular complexity index is 1210. The van der Waals surface area contributed by atoms with Crippen LogP contribution in [0.15, 0.2) is 29.1 Å². The number of aromatic nitrogens is 4. The van der Waals surface area contributed by atoms with E-state index in [1.54, 1.807) is 18.0 Å². The first-order valence-electron chi connectivity index (χ1n) is 9.84. The van der Waals surface area contributed by atoms with Gasteiger partial charge < -0.3 is 14.8 Å². The smallest absolute Gasteiger partial charge is 0.227 e. The summed E-state index contributed by atoms with van der Waals surface area (Å²) in [5.74, 6) is 0.362. The van der Waals surface area contributed by atoms with Crippen molar-refractivity contribution in [1.29, 1.82) is 0 Å². The maximum Gasteiger partial charge on any atom is 0.227 e. The van der Waals surface area contributed by atoms with Gasteiger partial charge in [-0.25, -0.2) is 27.9 Å². The van der Waals surface area contributed by atoms with Gasteiger partial charge in [-0.2, -0.15) is 4.98 Å². The normalized spacial score (nSPS) is 14.2. The second kappa shape index (κ2) is 8.67. The average Bonchev–Trinajstić information content (AvgIpc) is 3.43. The van der Waals surface area contributed by atoms with E-state index >= 15 is 0 Å². The summed E-state index contributed by atoms with van der Waals surface area (Å²) in [5.41, 5.74) is 1.59. The quantitative estimate of drug-likeness (QED) is 0.453. The molecule has 166 valence electrons. The minimum absolute atomic E-state index is 0.127. The number of fused-ring (bicyclic) bond motifs is 1. The van der Waals surface area contributed by atoms with Crippen molar-refractivity contribution in [3.63, 3.8) is 0 Å². The third-order valence-electron chi connectivity index (χ3n) is 5.11. The molecule has 3 N–H and O–H groups in total. The molecule has 1 saturated carbocycles. The molecular weight excluding hydrogens is 489 g/mol. The van der Waals surface area contributed by atoms with Crippen LogP contribution in [0.1, 0.15) is 31.0 Å². The van der Waals surface area contributed by atoms with Crippen molar-refractivity contribution < 1.29 is 12.8 Å². The molecule has 0 atom stereocenters. The fraction of sp³-hybridized carbons (Fsp3) is 0.421. The summed E-state index contributed by atoms with van der Waals surface area (Å²) >= 11 is 3.21. The van der Waals surface area contributed by atoms with Crippen LogP contribution in [0.4, 0.5) is 16.2 Å². The molecule has 0 saturated heterocycles. The molecule has 2 aromatic heterocycles. The van der Waals surface area contributed by atoms with Gasteiger partial charge >= 0.3 is 0 Å². The van der Waals surface area contributed by atoms with Crippen LogP contribution in [-0.2, 0) is 16.6 Å². The van der Waals surface area contributed by atoms with Crippen LogP contribution in [0.25, 0.3) is 10.9 Å². The highest BCUT2D eigenvalue weighted by Gasteiger charge is 2.25. The fourth-order valence-electron chi connectivity index (χ4n) is 3.34. The Morgan fingerprint density at radius 3 is 2.84 bits per heavy atom. The van der Waals surface area contributed by atoms with E-state index in [0.29, 0.717) is 52.7 Å². The molecule has 1 aliphatic carbocycles. The number of nitrogens with zero attached hydrogens (tertiary/aromatic N) is 5. The van der Waals surface area contributed by atoms with Crippen molar-refractivity contribution in [3.8, 4) is 0 Å². The number of sulfonamides is 1. The van der Waals surface area contributed by atoms with E-state index in [2.05, 4.69) is 40.8 Å². The molecule has 12 heteroatoms. The van der Waals surface area contributed by atoms with Gasteiger partial charge in [0, 0.05) is 31.2 Å². The molecule has 1 aromatic carbocycles. The van der Waals surface area contributed by atoms with Gasteiger partial charge in [0.1, 0.15) is 11.6 Å². The molecule has 2 heterocycles. The minimum atomic E-state index is -3.53. The van der Waals surface area contributed by atoms with Crippen molar-refractivity contribution in [1.82, 2.24) is 19.5 Å². The van der Waals surface area contributed by atoms with Gasteiger partial charge in [0.05, 0.1) is 34.3 Å². The molecule has 0 bridgehead atoms. The lowest BCUT2D eigenvalue weighted by Gasteiger charge is -2.19. The molecule has 31 heavy (non-hydrogen) atoms. The van der Waals surface area contributed by atoms with Gasteiger partial charge in [-0.1, -0.05) is 0 Å². The van der Waals surface area contributed by atoms with Gasteiger partial charge in [-0.15, -0.1) is 0 Å². The van der Waals surface area contributed by atoms with E-state index < -0.39 is 15.8 Å². The second-order valence-corrected chi connectivity index (χ2v) is 10.3. The molecule has 0 aliphatic heterocycles. The number of imidazole rings is 1. The summed E-state index contributed by atoms with van der Waals surface area (Å²) in [4.78, 5) is 15.1. The van der Waals surface area contributed by atoms with Gasteiger partial charge in [0.25, 0.3) is 0 Å². The Balaban J connectivity index is 1.61. The van der Waals surface area contributed by atoms with Gasteiger partial charge in [-0.05, 0) is 47.3 Å². The minimum Gasteiger partial charge on any atom is -0.364 e. The number of hydrogen-bond donors (Lipinski definition) is 2. The third kappa shape index (κ3) is 5.31. The van der Waals surface area contributed by atoms with Gasteiger partial charge in [0.2, 0.25) is 16.0 Å². The highest BCUT2D eigenvalue weighted by atomic mass is 79.9. The number of nitrogens with two attached hydrogens (primary N) is 1. The van der Waals surface area contributed by atoms with Crippen molar-refractivity contribution in [2.24, 2.45) is 5.14 Å². The van der Waals surface area contributed by atoms with E-state index in [9.17, 15) is 12.8 Å². The number of benzene rings is 1. The highest BCUT2D eigenvalue weighted by Crippen LogP contribution is 2.36. The van der Waals surface area contributed by atoms with Crippen LogP contribution in [0.2, 0.25) is 0 Å². The van der Waals surface area contributed by atoms with E-state index in [4.69, 9.17) is 5.14 Å². The zero-order valence-corrected chi connectivity index (χ0v) is 19.3. The Labute approximate surface area is 188 Å². The fourth-order valence-corrected chi connectivity index (χ4v) is 4.21. The van der Waals surface area contributed by atoms with E-state index in [1.165, 1.54) is 6.07 Å². The Morgan fingerprint density at radius 2 is 2.13 bits per heavy atom. The first-order valence-corrected chi connectivity index (χ1v) is 12.3. The van der Waals surface area contributed by atoms with Gasteiger partial charge in [0.15, 0.2) is 0 Å². The van der Waals surface area contributed by atoms with E-state index in [-0.39, 0.29) is 5.75 Å². The molecule has 9 nitrogen and oxygen atoms in total. The van der Waals surface area contributed by atoms with Crippen molar-refractivity contribution in [3.05, 3.63) is 40.6 Å². The number of anilines is 2. The molecular formula is C19H23BrFN7O2S. The SMILES string of the molecule is CN(CCCS(N)(=O)=O)c1nc(NCc2cncn2C2CC2)c2cc(F)c(Br)cc2n1. The lowest BCUT2D eigenvalue weighted by atomic mass is 10.2. The van der Waals surface area contributed by atoms with Crippen LogP contribution in [-0.4, -0.2) is 47.3 Å². The number of hydrogen-bond acceptors (Lipinski definition) is 7. The average molecular weight is 512 g/mol. The molecule has 0 radical (unpaired) electrons. The first-order chi connectivity index (χ1) is 14.7. The largest absolute Gasteiger partial charge is 0.364 e. The number of rotatable bonds is 9. The maximum atomic E-state index is 14.2. The maximum absolute atomic E-state index is 14.2. The molecule has 0 unspecified atom stereocenters. The standard InChI is InChI=1S/C19H23BrFN7O2S/c1-27(5-2-6-31(22,29)30)19-25-17-8-15(20)16(21)7-14(17)18(26-19)24-10-13-9-23-11-28(13)12-3-4-12/h7-9,11-12H,2-6,10H2,1H3,(H2,22,29,30)(H,24,25,26). The Kier molecular flexibility index (Phi) is 6.13. The zero-order valence-electron chi connectivity index (χ0n) is 16.9. The molecule has 1 aliphatic rings. The summed E-state index contributed by atoms with van der Waals surface area (Å²) in [6, 6.07) is 3.49. The van der Waals surface area contributed by atoms with Crippen molar-refractivity contribution in [2.75, 3.05) is 29.6 Å². The summed E-state index contributed by atoms with van der Waals surface area (Å²) in [7, 11) is -1.76. The third-order valence-corrected chi connectivity index (χ3v) is 6.58. The van der Waals surface area contributed by atoms with Crippen molar-refractivity contribution in [2.45, 2.75) is 31.8 Å². The highest BCUT2D eigenvalue weighted by molar-refractivity contribution is 9.10. The predicted molar refractivity (Wildman–Crippen MR) is 121 cm³/mol. The number of nitrogens with one attached hydrogen (secondary N) is 1. The zero-order chi connectivity index (χ0) is 22.2. The van der Waals surface area contributed by atoms with Crippen LogP contribution < -0.4 is 15.4 Å². The topological polar surface area (TPSA) is 119 Å². The number of halogens is 2. The molecule has 1 fully saturated rings. The monoisotopic (exact) mass is 511 g/mol. The van der Waals surface area contributed by atoms with E-state index in [1.807, 2.05) is 12.5 Å². The predicted octanol–water partition coefficient (Wildman–Crippen LogP) is 2.79. The molecule has 0 spiro atoms. The van der Waals surface area contributed by atoms with Crippen LogP contribution in [0.3, 0.4) is 0 Å².